The fourth-order valence-corrected chi connectivity index (χ4v) is 2.56. The first-order valence-electron chi connectivity index (χ1n) is 7.11. The van der Waals surface area contributed by atoms with Gasteiger partial charge in [-0.25, -0.2) is 0 Å². The van der Waals surface area contributed by atoms with E-state index in [2.05, 4.69) is 32.0 Å². The normalized spacial score (nSPS) is 21.8. The Morgan fingerprint density at radius 2 is 2.11 bits per heavy atom. The van der Waals surface area contributed by atoms with Gasteiger partial charge in [-0.15, -0.1) is 0 Å². The minimum absolute atomic E-state index is 0.148. The minimum atomic E-state index is 0.148. The highest BCUT2D eigenvalue weighted by atomic mass is 16.5. The second-order valence-corrected chi connectivity index (χ2v) is 5.52. The van der Waals surface area contributed by atoms with Gasteiger partial charge >= 0.3 is 0 Å². The molecule has 100 valence electrons. The Morgan fingerprint density at radius 1 is 1.28 bits per heavy atom. The van der Waals surface area contributed by atoms with E-state index in [1.165, 1.54) is 36.0 Å². The van der Waals surface area contributed by atoms with Gasteiger partial charge < -0.3 is 10.5 Å². The van der Waals surface area contributed by atoms with Crippen LogP contribution in [-0.4, -0.2) is 12.7 Å². The molecule has 0 aromatic heterocycles. The predicted octanol–water partition coefficient (Wildman–Crippen LogP) is 3.65. The van der Waals surface area contributed by atoms with Crippen molar-refractivity contribution in [1.82, 2.24) is 0 Å². The van der Waals surface area contributed by atoms with Crippen molar-refractivity contribution in [2.45, 2.75) is 58.1 Å². The van der Waals surface area contributed by atoms with Gasteiger partial charge in [-0.1, -0.05) is 18.2 Å². The summed E-state index contributed by atoms with van der Waals surface area (Å²) in [6.45, 7) is 5.22. The number of hydrogen-bond donors (Lipinski definition) is 1. The largest absolute Gasteiger partial charge is 0.378 e. The molecule has 2 rings (SSSR count). The lowest BCUT2D eigenvalue weighted by Gasteiger charge is -2.24. The summed E-state index contributed by atoms with van der Waals surface area (Å²) in [5, 5.41) is 0. The summed E-state index contributed by atoms with van der Waals surface area (Å²) in [6, 6.07) is 6.70. The Kier molecular flexibility index (Phi) is 4.79. The van der Waals surface area contributed by atoms with Crippen LogP contribution in [0, 0.1) is 13.8 Å². The molecule has 2 nitrogen and oxygen atoms in total. The molecule has 0 amide bonds. The predicted molar refractivity (Wildman–Crippen MR) is 75.7 cm³/mol. The second-order valence-electron chi connectivity index (χ2n) is 5.52. The fourth-order valence-electron chi connectivity index (χ4n) is 2.56. The number of benzene rings is 1. The summed E-state index contributed by atoms with van der Waals surface area (Å²) < 4.78 is 5.75. The SMILES string of the molecule is Cc1ccc(C(N)CCC2CCCCO2)cc1C. The average Bonchev–Trinajstić information content (AvgIpc) is 2.40. The van der Waals surface area contributed by atoms with E-state index in [1.54, 1.807) is 0 Å². The van der Waals surface area contributed by atoms with Crippen LogP contribution < -0.4 is 5.73 Å². The monoisotopic (exact) mass is 247 g/mol. The standard InChI is InChI=1S/C16H25NO/c1-12-6-7-14(11-13(12)2)16(17)9-8-15-5-3-4-10-18-15/h6-7,11,15-16H,3-5,8-10,17H2,1-2H3. The van der Waals surface area contributed by atoms with Crippen molar-refractivity contribution < 1.29 is 4.74 Å². The summed E-state index contributed by atoms with van der Waals surface area (Å²) in [6.07, 6.45) is 6.29. The third kappa shape index (κ3) is 3.56. The molecule has 1 aliphatic heterocycles. The Balaban J connectivity index is 1.86. The maximum Gasteiger partial charge on any atom is 0.0575 e. The number of nitrogens with two attached hydrogens (primary N) is 1. The van der Waals surface area contributed by atoms with Crippen molar-refractivity contribution in [1.29, 1.82) is 0 Å². The van der Waals surface area contributed by atoms with Crippen LogP contribution in [0.5, 0.6) is 0 Å². The van der Waals surface area contributed by atoms with Gasteiger partial charge in [0.25, 0.3) is 0 Å². The van der Waals surface area contributed by atoms with Crippen LogP contribution >= 0.6 is 0 Å². The summed E-state index contributed by atoms with van der Waals surface area (Å²) in [4.78, 5) is 0. The molecule has 18 heavy (non-hydrogen) atoms. The maximum absolute atomic E-state index is 6.28. The molecule has 1 aliphatic rings. The molecule has 1 saturated heterocycles. The van der Waals surface area contributed by atoms with Crippen LogP contribution in [0.15, 0.2) is 18.2 Å². The van der Waals surface area contributed by atoms with Gasteiger partial charge in [-0.2, -0.15) is 0 Å². The van der Waals surface area contributed by atoms with Crippen LogP contribution in [0.4, 0.5) is 0 Å². The topological polar surface area (TPSA) is 35.2 Å². The van der Waals surface area contributed by atoms with Gasteiger partial charge in [-0.05, 0) is 62.6 Å². The van der Waals surface area contributed by atoms with E-state index in [0.717, 1.165) is 19.4 Å². The van der Waals surface area contributed by atoms with Gasteiger partial charge in [0.2, 0.25) is 0 Å². The highest BCUT2D eigenvalue weighted by Gasteiger charge is 2.16. The summed E-state index contributed by atoms with van der Waals surface area (Å²) in [7, 11) is 0. The van der Waals surface area contributed by atoms with E-state index in [4.69, 9.17) is 10.5 Å². The van der Waals surface area contributed by atoms with Crippen LogP contribution in [0.2, 0.25) is 0 Å². The molecule has 2 atom stereocenters. The molecule has 0 aliphatic carbocycles. The summed E-state index contributed by atoms with van der Waals surface area (Å²) >= 11 is 0. The molecule has 2 N–H and O–H groups in total. The molecule has 0 radical (unpaired) electrons. The smallest absolute Gasteiger partial charge is 0.0575 e. The summed E-state index contributed by atoms with van der Waals surface area (Å²) in [5.74, 6) is 0. The Hall–Kier alpha value is -0.860. The molecule has 0 spiro atoms. The Bertz CT molecular complexity index is 383. The third-order valence-electron chi connectivity index (χ3n) is 4.03. The zero-order chi connectivity index (χ0) is 13.0. The first kappa shape index (κ1) is 13.6. The van der Waals surface area contributed by atoms with E-state index in [1.807, 2.05) is 0 Å². The molecule has 2 heteroatoms. The van der Waals surface area contributed by atoms with Crippen molar-refractivity contribution in [2.75, 3.05) is 6.61 Å². The molecule has 1 heterocycles. The van der Waals surface area contributed by atoms with E-state index in [-0.39, 0.29) is 6.04 Å². The van der Waals surface area contributed by atoms with E-state index >= 15 is 0 Å². The lowest BCUT2D eigenvalue weighted by molar-refractivity contribution is 0.00912. The molecule has 2 unspecified atom stereocenters. The minimum Gasteiger partial charge on any atom is -0.378 e. The van der Waals surface area contributed by atoms with E-state index in [0.29, 0.717) is 6.10 Å². The molecule has 0 bridgehead atoms. The number of hydrogen-bond acceptors (Lipinski definition) is 2. The van der Waals surface area contributed by atoms with Crippen molar-refractivity contribution in [2.24, 2.45) is 5.73 Å². The summed E-state index contributed by atoms with van der Waals surface area (Å²) in [5.41, 5.74) is 10.2. The maximum atomic E-state index is 6.28. The van der Waals surface area contributed by atoms with Crippen molar-refractivity contribution in [3.05, 3.63) is 34.9 Å². The average molecular weight is 247 g/mol. The lowest BCUT2D eigenvalue weighted by Crippen LogP contribution is -2.21. The molecule has 0 saturated carbocycles. The highest BCUT2D eigenvalue weighted by molar-refractivity contribution is 5.31. The molecular formula is C16H25NO. The Morgan fingerprint density at radius 3 is 2.78 bits per heavy atom. The number of aryl methyl sites for hydroxylation is 2. The van der Waals surface area contributed by atoms with Gasteiger partial charge in [0.1, 0.15) is 0 Å². The second kappa shape index (κ2) is 6.35. The van der Waals surface area contributed by atoms with Crippen molar-refractivity contribution in [3.8, 4) is 0 Å². The lowest BCUT2D eigenvalue weighted by atomic mass is 9.96. The van der Waals surface area contributed by atoms with Gasteiger partial charge in [0, 0.05) is 12.6 Å². The van der Waals surface area contributed by atoms with Crippen molar-refractivity contribution >= 4 is 0 Å². The van der Waals surface area contributed by atoms with Gasteiger partial charge in [-0.3, -0.25) is 0 Å². The number of ether oxygens (including phenoxy) is 1. The third-order valence-corrected chi connectivity index (χ3v) is 4.03. The zero-order valence-corrected chi connectivity index (χ0v) is 11.6. The van der Waals surface area contributed by atoms with Crippen LogP contribution in [0.3, 0.4) is 0 Å². The van der Waals surface area contributed by atoms with E-state index < -0.39 is 0 Å². The molecule has 1 aromatic rings. The molecular weight excluding hydrogens is 222 g/mol. The van der Waals surface area contributed by atoms with Crippen LogP contribution in [0.1, 0.15) is 54.8 Å². The number of rotatable bonds is 4. The quantitative estimate of drug-likeness (QED) is 0.881. The molecule has 1 fully saturated rings. The van der Waals surface area contributed by atoms with Gasteiger partial charge in [0.05, 0.1) is 6.10 Å². The highest BCUT2D eigenvalue weighted by Crippen LogP contribution is 2.23. The Labute approximate surface area is 111 Å². The fraction of sp³-hybridized carbons (Fsp3) is 0.625. The first-order valence-corrected chi connectivity index (χ1v) is 7.11. The van der Waals surface area contributed by atoms with Crippen molar-refractivity contribution in [3.63, 3.8) is 0 Å². The van der Waals surface area contributed by atoms with Crippen LogP contribution in [-0.2, 0) is 4.74 Å². The first-order chi connectivity index (χ1) is 8.66. The zero-order valence-electron chi connectivity index (χ0n) is 11.6. The molecule has 1 aromatic carbocycles. The van der Waals surface area contributed by atoms with Gasteiger partial charge in [0.15, 0.2) is 0 Å². The van der Waals surface area contributed by atoms with E-state index in [9.17, 15) is 0 Å². The van der Waals surface area contributed by atoms with Crippen LogP contribution in [0.25, 0.3) is 0 Å².